The normalized spacial score (nSPS) is 12.9. The van der Waals surface area contributed by atoms with Crippen LogP contribution in [-0.4, -0.2) is 0 Å². The second-order valence-electron chi connectivity index (χ2n) is 4.42. The Morgan fingerprint density at radius 3 is 2.41 bits per heavy atom. The van der Waals surface area contributed by atoms with Gasteiger partial charge in [-0.15, -0.1) is 22.7 Å². The lowest BCUT2D eigenvalue weighted by atomic mass is 10.1. The number of rotatable bonds is 4. The minimum absolute atomic E-state index is 0.149. The fourth-order valence-corrected chi connectivity index (χ4v) is 3.88. The summed E-state index contributed by atoms with van der Waals surface area (Å²) in [6, 6.07) is 6.82. The van der Waals surface area contributed by atoms with Crippen molar-refractivity contribution in [1.82, 2.24) is 0 Å². The van der Waals surface area contributed by atoms with Gasteiger partial charge in [-0.3, -0.25) is 0 Å². The van der Waals surface area contributed by atoms with E-state index < -0.39 is 0 Å². The van der Waals surface area contributed by atoms with Crippen molar-refractivity contribution < 1.29 is 0 Å². The van der Waals surface area contributed by atoms with Crippen molar-refractivity contribution in [3.63, 3.8) is 0 Å². The average molecular weight is 265 g/mol. The van der Waals surface area contributed by atoms with Gasteiger partial charge in [-0.2, -0.15) is 0 Å². The molecule has 0 aliphatic heterocycles. The number of thiophene rings is 2. The standard InChI is InChI=1S/C14H19NS2/c1-4-11-5-6-12(17-11)8-13(15)14-7-9(2)10(3)16-14/h5-7,13H,4,8,15H2,1-3H3. The minimum Gasteiger partial charge on any atom is -0.323 e. The van der Waals surface area contributed by atoms with E-state index in [2.05, 4.69) is 39.0 Å². The lowest BCUT2D eigenvalue weighted by Crippen LogP contribution is -2.10. The number of hydrogen-bond acceptors (Lipinski definition) is 3. The summed E-state index contributed by atoms with van der Waals surface area (Å²) in [5.41, 5.74) is 7.64. The first-order valence-corrected chi connectivity index (χ1v) is 7.63. The van der Waals surface area contributed by atoms with Crippen LogP contribution in [0.1, 0.15) is 38.0 Å². The molecule has 2 N–H and O–H groups in total. The largest absolute Gasteiger partial charge is 0.323 e. The van der Waals surface area contributed by atoms with Gasteiger partial charge in [0.1, 0.15) is 0 Å². The fourth-order valence-electron chi connectivity index (χ4n) is 1.82. The predicted octanol–water partition coefficient (Wildman–Crippen LogP) is 4.23. The van der Waals surface area contributed by atoms with E-state index >= 15 is 0 Å². The van der Waals surface area contributed by atoms with Crippen LogP contribution < -0.4 is 5.73 Å². The van der Waals surface area contributed by atoms with Crippen LogP contribution in [0.15, 0.2) is 18.2 Å². The van der Waals surface area contributed by atoms with Gasteiger partial charge in [-0.05, 0) is 44.0 Å². The second-order valence-corrected chi connectivity index (χ2v) is 6.96. The highest BCUT2D eigenvalue weighted by Gasteiger charge is 2.12. The summed E-state index contributed by atoms with van der Waals surface area (Å²) in [6.45, 7) is 6.51. The van der Waals surface area contributed by atoms with Crippen LogP contribution in [0, 0.1) is 13.8 Å². The van der Waals surface area contributed by atoms with Gasteiger partial charge in [0, 0.05) is 32.0 Å². The van der Waals surface area contributed by atoms with E-state index in [-0.39, 0.29) is 6.04 Å². The summed E-state index contributed by atoms with van der Waals surface area (Å²) in [5, 5.41) is 0. The summed E-state index contributed by atoms with van der Waals surface area (Å²) in [6.07, 6.45) is 2.08. The maximum absolute atomic E-state index is 6.28. The molecule has 2 rings (SSSR count). The molecule has 0 fully saturated rings. The molecule has 2 aromatic rings. The molecule has 3 heteroatoms. The van der Waals surface area contributed by atoms with Crippen LogP contribution in [0.5, 0.6) is 0 Å². The molecule has 2 aromatic heterocycles. The zero-order valence-corrected chi connectivity index (χ0v) is 12.3. The summed E-state index contributed by atoms with van der Waals surface area (Å²) in [5.74, 6) is 0. The Kier molecular flexibility index (Phi) is 4.02. The molecule has 0 aliphatic carbocycles. The lowest BCUT2D eigenvalue weighted by molar-refractivity contribution is 0.745. The predicted molar refractivity (Wildman–Crippen MR) is 78.1 cm³/mol. The molecule has 1 nitrogen and oxygen atoms in total. The monoisotopic (exact) mass is 265 g/mol. The van der Waals surface area contributed by atoms with E-state index in [9.17, 15) is 0 Å². The molecule has 17 heavy (non-hydrogen) atoms. The third-order valence-electron chi connectivity index (χ3n) is 3.04. The Hall–Kier alpha value is -0.640. The third-order valence-corrected chi connectivity index (χ3v) is 5.57. The Balaban J connectivity index is 2.08. The van der Waals surface area contributed by atoms with Gasteiger partial charge in [0.2, 0.25) is 0 Å². The Morgan fingerprint density at radius 1 is 1.18 bits per heavy atom. The zero-order chi connectivity index (χ0) is 12.4. The van der Waals surface area contributed by atoms with Crippen molar-refractivity contribution in [3.05, 3.63) is 43.3 Å². The summed E-state index contributed by atoms with van der Waals surface area (Å²) >= 11 is 3.73. The maximum Gasteiger partial charge on any atom is 0.0438 e. The summed E-state index contributed by atoms with van der Waals surface area (Å²) < 4.78 is 0. The van der Waals surface area contributed by atoms with Crippen LogP contribution in [0.4, 0.5) is 0 Å². The first kappa shape index (κ1) is 12.8. The van der Waals surface area contributed by atoms with E-state index in [1.165, 1.54) is 25.1 Å². The molecule has 1 unspecified atom stereocenters. The first-order chi connectivity index (χ1) is 8.10. The van der Waals surface area contributed by atoms with Crippen LogP contribution >= 0.6 is 22.7 Å². The highest BCUT2D eigenvalue weighted by molar-refractivity contribution is 7.12. The Labute approximate surface area is 111 Å². The fraction of sp³-hybridized carbons (Fsp3) is 0.429. The highest BCUT2D eigenvalue weighted by atomic mass is 32.1. The smallest absolute Gasteiger partial charge is 0.0438 e. The van der Waals surface area contributed by atoms with Gasteiger partial charge in [0.15, 0.2) is 0 Å². The van der Waals surface area contributed by atoms with Gasteiger partial charge in [-0.1, -0.05) is 6.92 Å². The molecule has 92 valence electrons. The van der Waals surface area contributed by atoms with Gasteiger partial charge < -0.3 is 5.73 Å². The quantitative estimate of drug-likeness (QED) is 0.879. The van der Waals surface area contributed by atoms with E-state index in [1.54, 1.807) is 0 Å². The third kappa shape index (κ3) is 2.97. The maximum atomic E-state index is 6.28. The van der Waals surface area contributed by atoms with E-state index in [0.717, 1.165) is 12.8 Å². The van der Waals surface area contributed by atoms with Crippen molar-refractivity contribution >= 4 is 22.7 Å². The van der Waals surface area contributed by atoms with E-state index in [0.29, 0.717) is 0 Å². The number of hydrogen-bond donors (Lipinski definition) is 1. The van der Waals surface area contributed by atoms with Crippen molar-refractivity contribution in [2.75, 3.05) is 0 Å². The molecular weight excluding hydrogens is 246 g/mol. The van der Waals surface area contributed by atoms with Crippen molar-refractivity contribution in [3.8, 4) is 0 Å². The summed E-state index contributed by atoms with van der Waals surface area (Å²) in [7, 11) is 0. The van der Waals surface area contributed by atoms with Gasteiger partial charge in [0.05, 0.1) is 0 Å². The molecule has 0 bridgehead atoms. The highest BCUT2D eigenvalue weighted by Crippen LogP contribution is 2.29. The van der Waals surface area contributed by atoms with Crippen molar-refractivity contribution in [1.29, 1.82) is 0 Å². The van der Waals surface area contributed by atoms with E-state index in [1.807, 2.05) is 22.7 Å². The molecule has 1 atom stereocenters. The lowest BCUT2D eigenvalue weighted by Gasteiger charge is -2.07. The molecule has 0 spiro atoms. The molecule has 0 aromatic carbocycles. The van der Waals surface area contributed by atoms with E-state index in [4.69, 9.17) is 5.73 Å². The molecule has 0 saturated heterocycles. The Morgan fingerprint density at radius 2 is 1.88 bits per heavy atom. The van der Waals surface area contributed by atoms with Gasteiger partial charge >= 0.3 is 0 Å². The topological polar surface area (TPSA) is 26.0 Å². The summed E-state index contributed by atoms with van der Waals surface area (Å²) in [4.78, 5) is 5.55. The first-order valence-electron chi connectivity index (χ1n) is 6.00. The Bertz CT molecular complexity index is 477. The molecule has 0 aliphatic rings. The van der Waals surface area contributed by atoms with Gasteiger partial charge in [-0.25, -0.2) is 0 Å². The van der Waals surface area contributed by atoms with Gasteiger partial charge in [0.25, 0.3) is 0 Å². The van der Waals surface area contributed by atoms with Crippen molar-refractivity contribution in [2.45, 2.75) is 39.7 Å². The van der Waals surface area contributed by atoms with Crippen LogP contribution in [-0.2, 0) is 12.8 Å². The SMILES string of the molecule is CCc1ccc(CC(N)c2cc(C)c(C)s2)s1. The molecule has 2 heterocycles. The molecule has 0 saturated carbocycles. The molecular formula is C14H19NS2. The van der Waals surface area contributed by atoms with Crippen LogP contribution in [0.2, 0.25) is 0 Å². The minimum atomic E-state index is 0.149. The van der Waals surface area contributed by atoms with Crippen LogP contribution in [0.3, 0.4) is 0 Å². The average Bonchev–Trinajstić information content (AvgIpc) is 2.87. The zero-order valence-electron chi connectivity index (χ0n) is 10.6. The number of aryl methyl sites for hydroxylation is 3. The van der Waals surface area contributed by atoms with Crippen molar-refractivity contribution in [2.24, 2.45) is 5.73 Å². The second kappa shape index (κ2) is 5.34. The molecule has 0 amide bonds. The number of nitrogens with two attached hydrogens (primary N) is 1. The van der Waals surface area contributed by atoms with Crippen LogP contribution in [0.25, 0.3) is 0 Å². The molecule has 0 radical (unpaired) electrons.